The van der Waals surface area contributed by atoms with E-state index in [0.717, 1.165) is 24.8 Å². The summed E-state index contributed by atoms with van der Waals surface area (Å²) in [6, 6.07) is 6.24. The van der Waals surface area contributed by atoms with Gasteiger partial charge in [0.2, 0.25) is 0 Å². The maximum atomic E-state index is 13.5. The van der Waals surface area contributed by atoms with Crippen molar-refractivity contribution in [3.8, 4) is 0 Å². The molecule has 1 heterocycles. The SMILES string of the molecule is C/C=C\C(OCCCCC)=C(\Cc1ccc(F)cc1)c1c(C)n(C)c(=O)n(CCC)c1=O. The summed E-state index contributed by atoms with van der Waals surface area (Å²) >= 11 is 0. The lowest BCUT2D eigenvalue weighted by atomic mass is 9.96. The normalized spacial score (nSPS) is 12.3. The molecule has 2 aromatic rings. The van der Waals surface area contributed by atoms with Gasteiger partial charge in [-0.25, -0.2) is 9.18 Å². The molecule has 1 aromatic heterocycles. The van der Waals surface area contributed by atoms with Crippen LogP contribution in [0.15, 0.2) is 51.8 Å². The number of allylic oxidation sites excluding steroid dienone is 3. The molecule has 0 saturated carbocycles. The smallest absolute Gasteiger partial charge is 0.330 e. The molecule has 32 heavy (non-hydrogen) atoms. The second kappa shape index (κ2) is 12.2. The molecule has 0 bridgehead atoms. The van der Waals surface area contributed by atoms with Crippen LogP contribution < -0.4 is 11.2 Å². The maximum Gasteiger partial charge on any atom is 0.330 e. The predicted octanol–water partition coefficient (Wildman–Crippen LogP) is 5.14. The molecule has 174 valence electrons. The van der Waals surface area contributed by atoms with Crippen LogP contribution in [0.3, 0.4) is 0 Å². The summed E-state index contributed by atoms with van der Waals surface area (Å²) in [5.41, 5.74) is 1.97. The van der Waals surface area contributed by atoms with Crippen molar-refractivity contribution in [1.29, 1.82) is 0 Å². The van der Waals surface area contributed by atoms with Crippen molar-refractivity contribution in [2.24, 2.45) is 7.05 Å². The molecular formula is C26H35FN2O3. The average molecular weight is 443 g/mol. The molecule has 5 nitrogen and oxygen atoms in total. The number of unbranched alkanes of at least 4 members (excludes halogenated alkanes) is 2. The van der Waals surface area contributed by atoms with Crippen LogP contribution in [0.25, 0.3) is 5.57 Å². The molecule has 0 atom stereocenters. The third kappa shape index (κ3) is 6.09. The van der Waals surface area contributed by atoms with Crippen LogP contribution in [-0.2, 0) is 24.8 Å². The van der Waals surface area contributed by atoms with E-state index in [1.807, 2.05) is 26.0 Å². The second-order valence-corrected chi connectivity index (χ2v) is 7.96. The van der Waals surface area contributed by atoms with Crippen molar-refractivity contribution >= 4 is 5.57 Å². The molecule has 0 aliphatic carbocycles. The molecule has 0 saturated heterocycles. The van der Waals surface area contributed by atoms with Gasteiger partial charge < -0.3 is 9.30 Å². The zero-order valence-electron chi connectivity index (χ0n) is 19.9. The number of hydrogen-bond donors (Lipinski definition) is 0. The largest absolute Gasteiger partial charge is 0.493 e. The highest BCUT2D eigenvalue weighted by Gasteiger charge is 2.21. The lowest BCUT2D eigenvalue weighted by Crippen LogP contribution is -2.42. The fourth-order valence-electron chi connectivity index (χ4n) is 3.66. The van der Waals surface area contributed by atoms with Gasteiger partial charge in [-0.3, -0.25) is 9.36 Å². The standard InChI is InChI=1S/C26H35FN2O3/c1-6-9-10-17-32-23(11-7-2)22(18-20-12-14-21(27)15-13-20)24-19(4)28(5)26(31)29(16-8-3)25(24)30/h7,11-15H,6,8-10,16-18H2,1-5H3/b11-7-,23-22+. The molecular weight excluding hydrogens is 407 g/mol. The van der Waals surface area contributed by atoms with Crippen molar-refractivity contribution in [1.82, 2.24) is 9.13 Å². The van der Waals surface area contributed by atoms with Gasteiger partial charge in [-0.1, -0.05) is 44.9 Å². The first kappa shape index (κ1) is 25.4. The van der Waals surface area contributed by atoms with Gasteiger partial charge in [0.25, 0.3) is 5.56 Å². The van der Waals surface area contributed by atoms with Crippen LogP contribution in [0, 0.1) is 12.7 Å². The van der Waals surface area contributed by atoms with Crippen molar-refractivity contribution in [3.05, 3.63) is 85.7 Å². The van der Waals surface area contributed by atoms with Crippen LogP contribution >= 0.6 is 0 Å². The Bertz CT molecular complexity index is 1080. The number of ether oxygens (including phenoxy) is 1. The molecule has 0 amide bonds. The van der Waals surface area contributed by atoms with Gasteiger partial charge in [-0.05, 0) is 50.5 Å². The summed E-state index contributed by atoms with van der Waals surface area (Å²) in [6.07, 6.45) is 7.83. The molecule has 0 unspecified atom stereocenters. The van der Waals surface area contributed by atoms with Crippen molar-refractivity contribution < 1.29 is 9.13 Å². The fraction of sp³-hybridized carbons (Fsp3) is 0.462. The molecule has 0 fully saturated rings. The first-order chi connectivity index (χ1) is 15.3. The zero-order chi connectivity index (χ0) is 23.7. The van der Waals surface area contributed by atoms with Crippen LogP contribution in [0.5, 0.6) is 0 Å². The molecule has 0 aliphatic heterocycles. The van der Waals surface area contributed by atoms with Crippen LogP contribution in [0.1, 0.15) is 63.3 Å². The quantitative estimate of drug-likeness (QED) is 0.275. The van der Waals surface area contributed by atoms with Gasteiger partial charge in [-0.15, -0.1) is 0 Å². The third-order valence-corrected chi connectivity index (χ3v) is 5.51. The highest BCUT2D eigenvalue weighted by Crippen LogP contribution is 2.25. The van der Waals surface area contributed by atoms with E-state index in [1.54, 1.807) is 26.1 Å². The lowest BCUT2D eigenvalue weighted by Gasteiger charge is -2.19. The topological polar surface area (TPSA) is 53.2 Å². The van der Waals surface area contributed by atoms with E-state index >= 15 is 0 Å². The predicted molar refractivity (Wildman–Crippen MR) is 128 cm³/mol. The van der Waals surface area contributed by atoms with Gasteiger partial charge >= 0.3 is 5.69 Å². The Hall–Kier alpha value is -2.89. The molecule has 0 N–H and O–H groups in total. The van der Waals surface area contributed by atoms with E-state index in [-0.39, 0.29) is 17.1 Å². The Balaban J connectivity index is 2.76. The van der Waals surface area contributed by atoms with E-state index < -0.39 is 0 Å². The maximum absolute atomic E-state index is 13.5. The van der Waals surface area contributed by atoms with E-state index in [1.165, 1.54) is 21.3 Å². The Kier molecular flexibility index (Phi) is 9.69. The summed E-state index contributed by atoms with van der Waals surface area (Å²) in [6.45, 7) is 8.63. The number of benzene rings is 1. The second-order valence-electron chi connectivity index (χ2n) is 7.96. The van der Waals surface area contributed by atoms with E-state index in [2.05, 4.69) is 6.92 Å². The summed E-state index contributed by atoms with van der Waals surface area (Å²) in [5.74, 6) is 0.294. The third-order valence-electron chi connectivity index (χ3n) is 5.51. The minimum absolute atomic E-state index is 0.313. The van der Waals surface area contributed by atoms with E-state index in [0.29, 0.717) is 48.6 Å². The van der Waals surface area contributed by atoms with Crippen molar-refractivity contribution in [2.45, 2.75) is 66.3 Å². The van der Waals surface area contributed by atoms with Gasteiger partial charge in [0, 0.05) is 31.3 Å². The summed E-state index contributed by atoms with van der Waals surface area (Å²) in [4.78, 5) is 26.2. The van der Waals surface area contributed by atoms with E-state index in [9.17, 15) is 14.0 Å². The molecule has 0 radical (unpaired) electrons. The zero-order valence-corrected chi connectivity index (χ0v) is 19.9. The Morgan fingerprint density at radius 2 is 1.78 bits per heavy atom. The lowest BCUT2D eigenvalue weighted by molar-refractivity contribution is 0.218. The number of halogens is 1. The number of rotatable bonds is 11. The van der Waals surface area contributed by atoms with Crippen molar-refractivity contribution in [3.63, 3.8) is 0 Å². The van der Waals surface area contributed by atoms with E-state index in [4.69, 9.17) is 4.74 Å². The number of nitrogens with zero attached hydrogens (tertiary/aromatic N) is 2. The Morgan fingerprint density at radius 3 is 2.38 bits per heavy atom. The number of hydrogen-bond acceptors (Lipinski definition) is 3. The summed E-state index contributed by atoms with van der Waals surface area (Å²) < 4.78 is 22.5. The first-order valence-electron chi connectivity index (χ1n) is 11.4. The summed E-state index contributed by atoms with van der Waals surface area (Å²) in [5, 5.41) is 0. The minimum atomic E-state index is -0.323. The molecule has 0 spiro atoms. The average Bonchev–Trinajstić information content (AvgIpc) is 2.78. The number of aromatic nitrogens is 2. The monoisotopic (exact) mass is 442 g/mol. The van der Waals surface area contributed by atoms with Gasteiger partial charge in [0.05, 0.1) is 12.2 Å². The fourth-order valence-corrected chi connectivity index (χ4v) is 3.66. The Labute approximate surface area is 189 Å². The first-order valence-corrected chi connectivity index (χ1v) is 11.4. The minimum Gasteiger partial charge on any atom is -0.493 e. The van der Waals surface area contributed by atoms with Crippen molar-refractivity contribution in [2.75, 3.05) is 6.61 Å². The molecule has 1 aromatic carbocycles. The van der Waals surface area contributed by atoms with Crippen LogP contribution in [0.2, 0.25) is 0 Å². The molecule has 0 aliphatic rings. The van der Waals surface area contributed by atoms with Gasteiger partial charge in [-0.2, -0.15) is 0 Å². The van der Waals surface area contributed by atoms with Gasteiger partial charge in [0.15, 0.2) is 0 Å². The summed E-state index contributed by atoms with van der Waals surface area (Å²) in [7, 11) is 1.68. The van der Waals surface area contributed by atoms with Gasteiger partial charge in [0.1, 0.15) is 11.6 Å². The Morgan fingerprint density at radius 1 is 1.09 bits per heavy atom. The van der Waals surface area contributed by atoms with Crippen LogP contribution in [-0.4, -0.2) is 15.7 Å². The van der Waals surface area contributed by atoms with Crippen LogP contribution in [0.4, 0.5) is 4.39 Å². The highest BCUT2D eigenvalue weighted by molar-refractivity contribution is 5.72. The highest BCUT2D eigenvalue weighted by atomic mass is 19.1. The molecule has 2 rings (SSSR count). The molecule has 6 heteroatoms.